The van der Waals surface area contributed by atoms with Gasteiger partial charge >= 0.3 is 18.1 Å². The van der Waals surface area contributed by atoms with E-state index in [1.54, 1.807) is 0 Å². The molecule has 0 aliphatic rings. The predicted molar refractivity (Wildman–Crippen MR) is 52.0 cm³/mol. The average Bonchev–Trinajstić information content (AvgIpc) is 2.28. The Balaban J connectivity index is 3.01. The summed E-state index contributed by atoms with van der Waals surface area (Å²) in [7, 11) is 0. The Kier molecular flexibility index (Phi) is 3.93. The van der Waals surface area contributed by atoms with E-state index in [2.05, 4.69) is 4.74 Å². The van der Waals surface area contributed by atoms with E-state index in [0.29, 0.717) is 24.3 Å². The Hall–Kier alpha value is -1.66. The summed E-state index contributed by atoms with van der Waals surface area (Å²) in [5.74, 6) is -5.75. The molecule has 0 unspecified atom stereocenters. The van der Waals surface area contributed by atoms with E-state index in [0.717, 1.165) is 0 Å². The van der Waals surface area contributed by atoms with Gasteiger partial charge < -0.3 is 4.74 Å². The van der Waals surface area contributed by atoms with Gasteiger partial charge in [0, 0.05) is 5.56 Å². The number of hydrogen-bond acceptors (Lipinski definition) is 2. The molecule has 0 bridgehead atoms. The maximum absolute atomic E-state index is 13.4. The molecule has 0 aromatic heterocycles. The van der Waals surface area contributed by atoms with Crippen LogP contribution in [0.5, 0.6) is 0 Å². The maximum atomic E-state index is 13.4. The van der Waals surface area contributed by atoms with Crippen molar-refractivity contribution in [1.29, 1.82) is 0 Å². The molecule has 0 amide bonds. The van der Waals surface area contributed by atoms with Gasteiger partial charge in [-0.05, 0) is 19.1 Å². The van der Waals surface area contributed by atoms with E-state index in [1.807, 2.05) is 0 Å². The minimum absolute atomic E-state index is 0.241. The summed E-state index contributed by atoms with van der Waals surface area (Å²) in [6.07, 6.45) is -4.61. The maximum Gasteiger partial charge on any atom is 0.416 e. The van der Waals surface area contributed by atoms with Crippen molar-refractivity contribution < 1.29 is 31.5 Å². The lowest BCUT2D eigenvalue weighted by molar-refractivity contribution is -0.173. The third-order valence-electron chi connectivity index (χ3n) is 2.11. The van der Waals surface area contributed by atoms with E-state index in [-0.39, 0.29) is 6.61 Å². The molecule has 1 aromatic rings. The molecule has 1 rings (SSSR count). The van der Waals surface area contributed by atoms with E-state index < -0.39 is 29.2 Å². The van der Waals surface area contributed by atoms with E-state index in [1.165, 1.54) is 6.92 Å². The van der Waals surface area contributed by atoms with Gasteiger partial charge in [0.2, 0.25) is 0 Å². The Bertz CT molecular complexity index is 422. The predicted octanol–water partition coefficient (Wildman–Crippen LogP) is 3.36. The number of alkyl halides is 5. The molecule has 7 heteroatoms. The fraction of sp³-hybridized carbons (Fsp3) is 0.364. The number of rotatable bonds is 3. The van der Waals surface area contributed by atoms with Crippen LogP contribution in [0.25, 0.3) is 0 Å². The highest BCUT2D eigenvalue weighted by molar-refractivity contribution is 5.79. The van der Waals surface area contributed by atoms with Gasteiger partial charge in [0.05, 0.1) is 12.2 Å². The van der Waals surface area contributed by atoms with Crippen molar-refractivity contribution in [3.63, 3.8) is 0 Å². The lowest BCUT2D eigenvalue weighted by Gasteiger charge is -2.15. The lowest BCUT2D eigenvalue weighted by atomic mass is 10.1. The Morgan fingerprint density at radius 2 is 1.50 bits per heavy atom. The van der Waals surface area contributed by atoms with Crippen molar-refractivity contribution in [2.75, 3.05) is 6.61 Å². The number of hydrogen-bond donors (Lipinski definition) is 0. The highest BCUT2D eigenvalue weighted by Crippen LogP contribution is 2.33. The highest BCUT2D eigenvalue weighted by Gasteiger charge is 2.43. The molecule has 0 N–H and O–H groups in total. The van der Waals surface area contributed by atoms with Gasteiger partial charge in [-0.3, -0.25) is 0 Å². The number of ether oxygens (including phenoxy) is 1. The van der Waals surface area contributed by atoms with Crippen LogP contribution in [0.3, 0.4) is 0 Å². The van der Waals surface area contributed by atoms with Gasteiger partial charge in [-0.1, -0.05) is 12.1 Å². The topological polar surface area (TPSA) is 26.3 Å². The second-order valence-corrected chi connectivity index (χ2v) is 3.37. The van der Waals surface area contributed by atoms with Gasteiger partial charge in [-0.15, -0.1) is 0 Å². The molecule has 0 saturated carbocycles. The number of carbonyl (C=O) groups excluding carboxylic acids is 1. The van der Waals surface area contributed by atoms with Crippen LogP contribution in [-0.4, -0.2) is 12.6 Å². The quantitative estimate of drug-likeness (QED) is 0.620. The van der Waals surface area contributed by atoms with Crippen molar-refractivity contribution in [2.45, 2.75) is 19.0 Å². The van der Waals surface area contributed by atoms with Gasteiger partial charge in [0.1, 0.15) is 0 Å². The van der Waals surface area contributed by atoms with Crippen LogP contribution in [0.1, 0.15) is 18.1 Å². The first-order valence-corrected chi connectivity index (χ1v) is 4.92. The van der Waals surface area contributed by atoms with Crippen LogP contribution < -0.4 is 0 Å². The smallest absolute Gasteiger partial charge is 0.416 e. The molecule has 2 nitrogen and oxygen atoms in total. The number of esters is 1. The molecule has 0 saturated heterocycles. The summed E-state index contributed by atoms with van der Waals surface area (Å²) in [5.41, 5.74) is -1.90. The molecule has 0 fully saturated rings. The monoisotopic (exact) mass is 268 g/mol. The molecule has 1 aromatic carbocycles. The van der Waals surface area contributed by atoms with Gasteiger partial charge in [-0.2, -0.15) is 22.0 Å². The van der Waals surface area contributed by atoms with Gasteiger partial charge in [0.15, 0.2) is 0 Å². The third kappa shape index (κ3) is 2.96. The largest absolute Gasteiger partial charge is 0.461 e. The van der Waals surface area contributed by atoms with Crippen LogP contribution in [0.2, 0.25) is 0 Å². The number of benzene rings is 1. The van der Waals surface area contributed by atoms with E-state index >= 15 is 0 Å². The van der Waals surface area contributed by atoms with Crippen molar-refractivity contribution in [3.8, 4) is 0 Å². The molecular weight excluding hydrogens is 259 g/mol. The summed E-state index contributed by atoms with van der Waals surface area (Å²) in [5, 5.41) is 0. The first-order chi connectivity index (χ1) is 8.19. The van der Waals surface area contributed by atoms with E-state index in [4.69, 9.17) is 0 Å². The normalized spacial score (nSPS) is 12.3. The van der Waals surface area contributed by atoms with Crippen LogP contribution in [0, 0.1) is 0 Å². The second kappa shape index (κ2) is 4.91. The summed E-state index contributed by atoms with van der Waals surface area (Å²) < 4.78 is 67.6. The molecule has 0 spiro atoms. The number of halogens is 5. The Morgan fingerprint density at radius 1 is 1.06 bits per heavy atom. The lowest BCUT2D eigenvalue weighted by Crippen LogP contribution is -2.28. The van der Waals surface area contributed by atoms with Crippen molar-refractivity contribution >= 4 is 5.97 Å². The average molecular weight is 268 g/mol. The van der Waals surface area contributed by atoms with Gasteiger partial charge in [0.25, 0.3) is 0 Å². The van der Waals surface area contributed by atoms with Crippen molar-refractivity contribution in [3.05, 3.63) is 35.4 Å². The molecule has 18 heavy (non-hydrogen) atoms. The zero-order valence-corrected chi connectivity index (χ0v) is 9.22. The van der Waals surface area contributed by atoms with Gasteiger partial charge in [-0.25, -0.2) is 4.79 Å². The fourth-order valence-corrected chi connectivity index (χ4v) is 1.21. The molecular formula is C11H9F5O2. The Morgan fingerprint density at radius 3 is 1.89 bits per heavy atom. The molecule has 0 heterocycles. The second-order valence-electron chi connectivity index (χ2n) is 3.37. The summed E-state index contributed by atoms with van der Waals surface area (Å²) in [6.45, 7) is 1.11. The third-order valence-corrected chi connectivity index (χ3v) is 2.11. The molecule has 100 valence electrons. The zero-order chi connectivity index (χ0) is 14.0. The van der Waals surface area contributed by atoms with Crippen molar-refractivity contribution in [1.82, 2.24) is 0 Å². The molecule has 0 aliphatic heterocycles. The first-order valence-electron chi connectivity index (χ1n) is 4.92. The summed E-state index contributed by atoms with van der Waals surface area (Å²) in [6, 6.07) is 2.09. The summed E-state index contributed by atoms with van der Waals surface area (Å²) in [4.78, 5) is 11.0. The first kappa shape index (κ1) is 14.4. The van der Waals surface area contributed by atoms with Crippen LogP contribution in [0.15, 0.2) is 24.3 Å². The van der Waals surface area contributed by atoms with Crippen LogP contribution >= 0.6 is 0 Å². The number of carbonyl (C=O) groups is 1. The minimum Gasteiger partial charge on any atom is -0.461 e. The minimum atomic E-state index is -4.61. The molecule has 0 aliphatic carbocycles. The SMILES string of the molecule is CCOC(=O)C(F)(F)c1ccc(C(F)(F)F)cc1. The summed E-state index contributed by atoms with van der Waals surface area (Å²) >= 11 is 0. The van der Waals surface area contributed by atoms with Crippen LogP contribution in [-0.2, 0) is 21.6 Å². The van der Waals surface area contributed by atoms with Crippen LogP contribution in [0.4, 0.5) is 22.0 Å². The molecule has 0 radical (unpaired) electrons. The fourth-order valence-electron chi connectivity index (χ4n) is 1.21. The van der Waals surface area contributed by atoms with Crippen molar-refractivity contribution in [2.24, 2.45) is 0 Å². The standard InChI is InChI=1S/C11H9F5O2/c1-2-18-9(17)10(12,13)7-3-5-8(6-4-7)11(14,15)16/h3-6H,2H2,1H3. The highest BCUT2D eigenvalue weighted by atomic mass is 19.4. The van der Waals surface area contributed by atoms with E-state index in [9.17, 15) is 26.7 Å². The molecule has 0 atom stereocenters. The zero-order valence-electron chi connectivity index (χ0n) is 9.22. The Labute approximate surface area is 99.4 Å².